The van der Waals surface area contributed by atoms with Gasteiger partial charge in [0.05, 0.1) is 11.4 Å². The van der Waals surface area contributed by atoms with Crippen LogP contribution in [0, 0.1) is 18.3 Å². The van der Waals surface area contributed by atoms with Gasteiger partial charge in [0, 0.05) is 42.5 Å². The van der Waals surface area contributed by atoms with Gasteiger partial charge >= 0.3 is 0 Å². The summed E-state index contributed by atoms with van der Waals surface area (Å²) in [4.78, 5) is 27.3. The molecule has 0 aliphatic carbocycles. The van der Waals surface area contributed by atoms with E-state index in [1.807, 2.05) is 62.5 Å². The van der Waals surface area contributed by atoms with Crippen LogP contribution in [0.3, 0.4) is 0 Å². The van der Waals surface area contributed by atoms with Gasteiger partial charge in [-0.1, -0.05) is 18.2 Å². The first-order chi connectivity index (χ1) is 18.3. The number of amides is 2. The number of carbonyl (C=O) groups excluding carboxylic acids is 2. The molecule has 2 amide bonds. The highest BCUT2D eigenvalue weighted by atomic mass is 16.5. The van der Waals surface area contributed by atoms with Gasteiger partial charge in [0.15, 0.2) is 0 Å². The maximum Gasteiger partial charge on any atom is 0.271 e. The van der Waals surface area contributed by atoms with Gasteiger partial charge in [0.1, 0.15) is 23.5 Å². The number of hydrogen-bond donors (Lipinski definition) is 1. The number of imide groups is 1. The number of hydrogen-bond acceptors (Lipinski definition) is 6. The summed E-state index contributed by atoms with van der Waals surface area (Å²) < 4.78 is 7.75. The third-order valence-electron chi connectivity index (χ3n) is 6.88. The summed E-state index contributed by atoms with van der Waals surface area (Å²) in [5.74, 6) is -0.225. The molecule has 0 fully saturated rings. The lowest BCUT2D eigenvalue weighted by atomic mass is 9.92. The molecule has 8 nitrogen and oxygen atoms in total. The molecule has 38 heavy (non-hydrogen) atoms. The Morgan fingerprint density at radius 3 is 2.66 bits per heavy atom. The van der Waals surface area contributed by atoms with Crippen LogP contribution in [0.15, 0.2) is 65.4 Å². The molecule has 192 valence electrons. The molecule has 2 aliphatic heterocycles. The van der Waals surface area contributed by atoms with Crippen LogP contribution in [-0.4, -0.2) is 50.9 Å². The lowest BCUT2D eigenvalue weighted by Crippen LogP contribution is -2.43. The van der Waals surface area contributed by atoms with Gasteiger partial charge in [-0.15, -0.1) is 0 Å². The fourth-order valence-corrected chi connectivity index (χ4v) is 5.00. The summed E-state index contributed by atoms with van der Waals surface area (Å²) in [6.07, 6.45) is 4.68. The molecule has 3 aromatic rings. The van der Waals surface area contributed by atoms with Gasteiger partial charge in [0.2, 0.25) is 0 Å². The van der Waals surface area contributed by atoms with E-state index >= 15 is 0 Å². The monoisotopic (exact) mass is 508 g/mol. The zero-order valence-electron chi connectivity index (χ0n) is 21.6. The molecule has 2 aromatic carbocycles. The minimum absolute atomic E-state index is 0.0301. The van der Waals surface area contributed by atoms with E-state index in [9.17, 15) is 20.0 Å². The molecule has 1 atom stereocenters. The molecular formula is C30H28N4O4. The van der Waals surface area contributed by atoms with Crippen molar-refractivity contribution in [3.8, 4) is 28.8 Å². The fourth-order valence-electron chi connectivity index (χ4n) is 5.00. The van der Waals surface area contributed by atoms with Gasteiger partial charge < -0.3 is 9.84 Å². The lowest BCUT2D eigenvalue weighted by molar-refractivity contribution is -0.140. The Morgan fingerprint density at radius 2 is 1.95 bits per heavy atom. The third-order valence-corrected chi connectivity index (χ3v) is 6.88. The van der Waals surface area contributed by atoms with Crippen molar-refractivity contribution >= 4 is 17.9 Å². The zero-order chi connectivity index (χ0) is 27.0. The molecule has 1 N–H and O–H groups in total. The van der Waals surface area contributed by atoms with Crippen molar-refractivity contribution < 1.29 is 19.4 Å². The smallest absolute Gasteiger partial charge is 0.271 e. The van der Waals surface area contributed by atoms with Crippen molar-refractivity contribution in [3.63, 3.8) is 0 Å². The SMILES string of the molecule is CC1=C(C#N)C(=O)N(CCCO)C(=O)/C1=C/c1cn(-c2ccccc2)nc1-c1cc(C)c2c(c1)C[C@@H](C)O2. The van der Waals surface area contributed by atoms with Crippen molar-refractivity contribution in [3.05, 3.63) is 82.1 Å². The highest BCUT2D eigenvalue weighted by Crippen LogP contribution is 2.38. The van der Waals surface area contributed by atoms with E-state index in [-0.39, 0.29) is 36.8 Å². The summed E-state index contributed by atoms with van der Waals surface area (Å²) >= 11 is 0. The molecule has 0 bridgehead atoms. The first kappa shape index (κ1) is 25.2. The molecule has 8 heteroatoms. The highest BCUT2D eigenvalue weighted by molar-refractivity contribution is 6.19. The summed E-state index contributed by atoms with van der Waals surface area (Å²) in [6.45, 7) is 5.52. The number of fused-ring (bicyclic) bond motifs is 1. The first-order valence-electron chi connectivity index (χ1n) is 12.6. The molecule has 0 saturated carbocycles. The molecule has 3 heterocycles. The average Bonchev–Trinajstić information content (AvgIpc) is 3.50. The van der Waals surface area contributed by atoms with Crippen LogP contribution in [0.25, 0.3) is 23.0 Å². The zero-order valence-corrected chi connectivity index (χ0v) is 21.6. The van der Waals surface area contributed by atoms with Crippen molar-refractivity contribution in [2.45, 2.75) is 39.7 Å². The topological polar surface area (TPSA) is 108 Å². The Labute approximate surface area is 221 Å². The van der Waals surface area contributed by atoms with E-state index < -0.39 is 11.8 Å². The van der Waals surface area contributed by atoms with Gasteiger partial charge in [-0.25, -0.2) is 4.68 Å². The maximum atomic E-state index is 13.5. The predicted octanol–water partition coefficient (Wildman–Crippen LogP) is 4.15. The van der Waals surface area contributed by atoms with Crippen molar-refractivity contribution in [2.24, 2.45) is 0 Å². The van der Waals surface area contributed by atoms with E-state index in [0.29, 0.717) is 16.8 Å². The van der Waals surface area contributed by atoms with Crippen LogP contribution in [0.4, 0.5) is 0 Å². The summed E-state index contributed by atoms with van der Waals surface area (Å²) in [6, 6.07) is 15.7. The second-order valence-electron chi connectivity index (χ2n) is 9.64. The van der Waals surface area contributed by atoms with Crippen LogP contribution >= 0.6 is 0 Å². The van der Waals surface area contributed by atoms with Crippen molar-refractivity contribution in [1.29, 1.82) is 5.26 Å². The number of nitrogens with zero attached hydrogens (tertiary/aromatic N) is 4. The number of rotatable bonds is 6. The largest absolute Gasteiger partial charge is 0.490 e. The Hall–Kier alpha value is -4.48. The van der Waals surface area contributed by atoms with Crippen LogP contribution in [0.1, 0.15) is 37.0 Å². The summed E-state index contributed by atoms with van der Waals surface area (Å²) in [5, 5.41) is 23.9. The quantitative estimate of drug-likeness (QED) is 0.396. The van der Waals surface area contributed by atoms with Gasteiger partial charge in [-0.3, -0.25) is 14.5 Å². The van der Waals surface area contributed by atoms with E-state index in [4.69, 9.17) is 9.84 Å². The normalized spacial score (nSPS) is 18.1. The summed E-state index contributed by atoms with van der Waals surface area (Å²) in [7, 11) is 0. The van der Waals surface area contributed by atoms with Crippen LogP contribution in [-0.2, 0) is 16.0 Å². The predicted molar refractivity (Wildman–Crippen MR) is 142 cm³/mol. The molecular weight excluding hydrogens is 480 g/mol. The Kier molecular flexibility index (Phi) is 6.70. The standard InChI is InChI=1S/C30H28N4O4/c1-18-12-21(14-22-13-19(2)38-28(18)22)27-23(17-34(32-27)24-8-5-4-6-9-24)15-25-20(3)26(16-31)30(37)33(29(25)36)10-7-11-35/h4-6,8-9,12,14-15,17,19,35H,7,10-11,13H2,1-3H3/b25-15+/t19-/m1/s1. The van der Waals surface area contributed by atoms with Gasteiger partial charge in [0.25, 0.3) is 11.8 Å². The van der Waals surface area contributed by atoms with Gasteiger partial charge in [-0.2, -0.15) is 10.4 Å². The number of aliphatic hydroxyl groups excluding tert-OH is 1. The molecule has 5 rings (SSSR count). The second-order valence-corrected chi connectivity index (χ2v) is 9.64. The van der Waals surface area contributed by atoms with Gasteiger partial charge in [-0.05, 0) is 74.2 Å². The molecule has 0 unspecified atom stereocenters. The Bertz CT molecular complexity index is 1540. The number of aromatic nitrogens is 2. The highest BCUT2D eigenvalue weighted by Gasteiger charge is 2.35. The van der Waals surface area contributed by atoms with E-state index in [0.717, 1.165) is 39.4 Å². The molecule has 1 aromatic heterocycles. The maximum absolute atomic E-state index is 13.5. The number of aryl methyl sites for hydroxylation is 1. The summed E-state index contributed by atoms with van der Waals surface area (Å²) in [5.41, 5.74) is 5.71. The van der Waals surface area contributed by atoms with Crippen LogP contribution in [0.2, 0.25) is 0 Å². The number of ether oxygens (including phenoxy) is 1. The minimum atomic E-state index is -0.635. The third kappa shape index (κ3) is 4.42. The number of aliphatic hydroxyl groups is 1. The van der Waals surface area contributed by atoms with E-state index in [1.165, 1.54) is 0 Å². The number of benzene rings is 2. The van der Waals surface area contributed by atoms with Crippen molar-refractivity contribution in [2.75, 3.05) is 13.2 Å². The number of carbonyl (C=O) groups is 2. The average molecular weight is 509 g/mol. The second kappa shape index (κ2) is 10.1. The van der Waals surface area contributed by atoms with E-state index in [2.05, 4.69) is 6.07 Å². The number of para-hydroxylation sites is 1. The molecule has 2 aliphatic rings. The first-order valence-corrected chi connectivity index (χ1v) is 12.6. The number of nitriles is 1. The van der Waals surface area contributed by atoms with Crippen LogP contribution < -0.4 is 4.74 Å². The van der Waals surface area contributed by atoms with Crippen molar-refractivity contribution in [1.82, 2.24) is 14.7 Å². The molecule has 0 spiro atoms. The Morgan fingerprint density at radius 1 is 1.18 bits per heavy atom. The fraction of sp³-hybridized carbons (Fsp3) is 0.267. The minimum Gasteiger partial charge on any atom is -0.490 e. The molecule has 0 saturated heterocycles. The van der Waals surface area contributed by atoms with E-state index in [1.54, 1.807) is 17.7 Å². The van der Waals surface area contributed by atoms with Crippen LogP contribution in [0.5, 0.6) is 5.75 Å². The lowest BCUT2D eigenvalue weighted by Gasteiger charge is -2.27. The Balaban J connectivity index is 1.69. The molecule has 0 radical (unpaired) electrons.